The van der Waals surface area contributed by atoms with E-state index in [9.17, 15) is 22.8 Å². The first-order valence-electron chi connectivity index (χ1n) is 10.7. The van der Waals surface area contributed by atoms with E-state index in [1.165, 1.54) is 52.5 Å². The average molecular weight is 516 g/mol. The summed E-state index contributed by atoms with van der Waals surface area (Å²) in [5.74, 6) is -1.62. The van der Waals surface area contributed by atoms with Crippen molar-refractivity contribution in [1.82, 2.24) is 15.1 Å². The van der Waals surface area contributed by atoms with E-state index in [0.717, 1.165) is 0 Å². The number of furan rings is 1. The van der Waals surface area contributed by atoms with Crippen molar-refractivity contribution >= 4 is 39.2 Å². The third-order valence-electron chi connectivity index (χ3n) is 5.59. The minimum atomic E-state index is -4.31. The summed E-state index contributed by atoms with van der Waals surface area (Å²) < 4.78 is 32.0. The number of hydrogen-bond donors (Lipinski definition) is 1. The number of halogens is 1. The SMILES string of the molecule is O=C(N[C@@H](C(=O)N1CCN(C(=O)c2ccco2)CC1)S(=O)(=O)c1ccc(Cl)cc1)c1ccccc1. The number of amides is 3. The van der Waals surface area contributed by atoms with E-state index in [1.807, 2.05) is 0 Å². The average Bonchev–Trinajstić information content (AvgIpc) is 3.42. The summed E-state index contributed by atoms with van der Waals surface area (Å²) in [6.07, 6.45) is 1.40. The monoisotopic (exact) mass is 515 g/mol. The number of carbonyl (C=O) groups excluding carboxylic acids is 3. The van der Waals surface area contributed by atoms with Crippen LogP contribution in [0.4, 0.5) is 0 Å². The van der Waals surface area contributed by atoms with Gasteiger partial charge in [-0.2, -0.15) is 0 Å². The Hall–Kier alpha value is -3.63. The number of piperazine rings is 1. The lowest BCUT2D eigenvalue weighted by Gasteiger charge is -2.36. The molecule has 0 aliphatic carbocycles. The summed E-state index contributed by atoms with van der Waals surface area (Å²) in [7, 11) is -4.31. The van der Waals surface area contributed by atoms with Crippen molar-refractivity contribution < 1.29 is 27.2 Å². The molecule has 2 aromatic carbocycles. The van der Waals surface area contributed by atoms with Gasteiger partial charge < -0.3 is 19.5 Å². The fourth-order valence-corrected chi connectivity index (χ4v) is 5.27. The Labute approximate surface area is 207 Å². The van der Waals surface area contributed by atoms with Crippen LogP contribution >= 0.6 is 11.6 Å². The fourth-order valence-electron chi connectivity index (χ4n) is 3.68. The van der Waals surface area contributed by atoms with Crippen molar-refractivity contribution in [1.29, 1.82) is 0 Å². The highest BCUT2D eigenvalue weighted by molar-refractivity contribution is 7.92. The van der Waals surface area contributed by atoms with Crippen LogP contribution < -0.4 is 5.32 Å². The second-order valence-electron chi connectivity index (χ2n) is 7.81. The second kappa shape index (κ2) is 10.3. The van der Waals surface area contributed by atoms with Crippen LogP contribution in [-0.4, -0.2) is 67.5 Å². The van der Waals surface area contributed by atoms with E-state index in [-0.39, 0.29) is 48.3 Å². The Balaban J connectivity index is 1.56. The lowest BCUT2D eigenvalue weighted by molar-refractivity contribution is -0.132. The van der Waals surface area contributed by atoms with Gasteiger partial charge in [-0.25, -0.2) is 8.42 Å². The van der Waals surface area contributed by atoms with Crippen LogP contribution in [0.5, 0.6) is 0 Å². The molecule has 0 unspecified atom stereocenters. The van der Waals surface area contributed by atoms with Gasteiger partial charge in [0.2, 0.25) is 15.2 Å². The smallest absolute Gasteiger partial charge is 0.289 e. The van der Waals surface area contributed by atoms with Gasteiger partial charge in [0.05, 0.1) is 11.2 Å². The Bertz CT molecular complexity index is 1300. The quantitative estimate of drug-likeness (QED) is 0.539. The molecule has 1 N–H and O–H groups in total. The fraction of sp³-hybridized carbons (Fsp3) is 0.208. The molecule has 1 aromatic heterocycles. The van der Waals surface area contributed by atoms with Crippen LogP contribution in [0.1, 0.15) is 20.9 Å². The van der Waals surface area contributed by atoms with E-state index < -0.39 is 27.0 Å². The van der Waals surface area contributed by atoms with Crippen LogP contribution in [0, 0.1) is 0 Å². The topological polar surface area (TPSA) is 117 Å². The zero-order chi connectivity index (χ0) is 25.0. The van der Waals surface area contributed by atoms with Gasteiger partial charge in [-0.1, -0.05) is 29.8 Å². The van der Waals surface area contributed by atoms with Crippen molar-refractivity contribution in [2.24, 2.45) is 0 Å². The van der Waals surface area contributed by atoms with E-state index in [2.05, 4.69) is 5.32 Å². The highest BCUT2D eigenvalue weighted by atomic mass is 35.5. The van der Waals surface area contributed by atoms with Gasteiger partial charge in [0, 0.05) is 36.8 Å². The molecule has 4 rings (SSSR count). The second-order valence-corrected chi connectivity index (χ2v) is 10.3. The number of nitrogens with one attached hydrogen (secondary N) is 1. The largest absolute Gasteiger partial charge is 0.459 e. The molecule has 182 valence electrons. The van der Waals surface area contributed by atoms with E-state index >= 15 is 0 Å². The summed E-state index contributed by atoms with van der Waals surface area (Å²) in [6.45, 7) is 0.565. The van der Waals surface area contributed by atoms with Crippen LogP contribution in [-0.2, 0) is 14.6 Å². The van der Waals surface area contributed by atoms with Crippen LogP contribution in [0.3, 0.4) is 0 Å². The van der Waals surface area contributed by atoms with Gasteiger partial charge in [0.15, 0.2) is 5.76 Å². The molecule has 11 heteroatoms. The molecule has 1 saturated heterocycles. The minimum Gasteiger partial charge on any atom is -0.459 e. The highest BCUT2D eigenvalue weighted by Crippen LogP contribution is 2.21. The van der Waals surface area contributed by atoms with Crippen LogP contribution in [0.2, 0.25) is 5.02 Å². The van der Waals surface area contributed by atoms with Crippen molar-refractivity contribution in [2.75, 3.05) is 26.2 Å². The van der Waals surface area contributed by atoms with Crippen molar-refractivity contribution in [2.45, 2.75) is 10.3 Å². The molecule has 0 bridgehead atoms. The molecule has 1 aliphatic rings. The third-order valence-corrected chi connectivity index (χ3v) is 7.71. The summed E-state index contributed by atoms with van der Waals surface area (Å²) in [4.78, 5) is 41.5. The van der Waals surface area contributed by atoms with E-state index in [1.54, 1.807) is 30.3 Å². The highest BCUT2D eigenvalue weighted by Gasteiger charge is 2.39. The number of rotatable bonds is 6. The molecule has 9 nitrogen and oxygen atoms in total. The standard InChI is InChI=1S/C24H22ClN3O6S/c25-18-8-10-19(11-9-18)35(32,33)22(26-21(29)17-5-2-1-3-6-17)24(31)28-14-12-27(13-15-28)23(30)20-7-4-16-34-20/h1-11,16,22H,12-15H2,(H,26,29)/t22-/m1/s1. The first kappa shape index (κ1) is 24.5. The van der Waals surface area contributed by atoms with Crippen molar-refractivity contribution in [3.8, 4) is 0 Å². The van der Waals surface area contributed by atoms with Crippen molar-refractivity contribution in [3.05, 3.63) is 89.3 Å². The van der Waals surface area contributed by atoms with Gasteiger partial charge in [-0.3, -0.25) is 14.4 Å². The Kier molecular flexibility index (Phi) is 7.23. The summed E-state index contributed by atoms with van der Waals surface area (Å²) in [5, 5.41) is 0.867. The minimum absolute atomic E-state index is 0.0964. The Morgan fingerprint density at radius 1 is 0.857 bits per heavy atom. The summed E-state index contributed by atoms with van der Waals surface area (Å²) >= 11 is 5.89. The van der Waals surface area contributed by atoms with Gasteiger partial charge in [-0.05, 0) is 48.5 Å². The molecule has 1 aliphatic heterocycles. The molecular weight excluding hydrogens is 494 g/mol. The van der Waals surface area contributed by atoms with E-state index in [0.29, 0.717) is 5.02 Å². The van der Waals surface area contributed by atoms with E-state index in [4.69, 9.17) is 16.0 Å². The molecule has 1 fully saturated rings. The number of carbonyl (C=O) groups is 3. The van der Waals surface area contributed by atoms with Gasteiger partial charge in [0.25, 0.3) is 17.7 Å². The lowest BCUT2D eigenvalue weighted by Crippen LogP contribution is -2.57. The molecule has 3 amide bonds. The molecule has 2 heterocycles. The Morgan fingerprint density at radius 3 is 2.09 bits per heavy atom. The van der Waals surface area contributed by atoms with Crippen molar-refractivity contribution in [3.63, 3.8) is 0 Å². The first-order chi connectivity index (χ1) is 16.8. The molecular formula is C24H22ClN3O6S. The maximum absolute atomic E-state index is 13.4. The maximum Gasteiger partial charge on any atom is 0.289 e. The lowest BCUT2D eigenvalue weighted by atomic mass is 10.2. The molecule has 35 heavy (non-hydrogen) atoms. The normalized spacial score (nSPS) is 14.9. The predicted octanol–water partition coefficient (Wildman–Crippen LogP) is 2.45. The predicted molar refractivity (Wildman–Crippen MR) is 128 cm³/mol. The molecule has 0 spiro atoms. The zero-order valence-corrected chi connectivity index (χ0v) is 20.0. The molecule has 1 atom stereocenters. The van der Waals surface area contributed by atoms with Gasteiger partial charge in [-0.15, -0.1) is 0 Å². The third kappa shape index (κ3) is 5.39. The summed E-state index contributed by atoms with van der Waals surface area (Å²) in [5.41, 5.74) is 0.213. The van der Waals surface area contributed by atoms with Gasteiger partial charge in [0.1, 0.15) is 0 Å². The molecule has 0 saturated carbocycles. The Morgan fingerprint density at radius 2 is 1.49 bits per heavy atom. The molecule has 3 aromatic rings. The number of nitrogens with zero attached hydrogens (tertiary/aromatic N) is 2. The van der Waals surface area contributed by atoms with Crippen LogP contribution in [0.15, 0.2) is 82.3 Å². The zero-order valence-electron chi connectivity index (χ0n) is 18.5. The molecule has 0 radical (unpaired) electrons. The number of sulfone groups is 1. The maximum atomic E-state index is 13.4. The summed E-state index contributed by atoms with van der Waals surface area (Å²) in [6, 6.07) is 16.5. The number of hydrogen-bond acceptors (Lipinski definition) is 6. The first-order valence-corrected chi connectivity index (χ1v) is 12.7. The van der Waals surface area contributed by atoms with Crippen LogP contribution in [0.25, 0.3) is 0 Å². The van der Waals surface area contributed by atoms with Gasteiger partial charge >= 0.3 is 0 Å². The number of benzene rings is 2.